The van der Waals surface area contributed by atoms with Crippen LogP contribution in [0.3, 0.4) is 0 Å². The molecule has 2 rings (SSSR count). The minimum absolute atomic E-state index is 0.370. The Bertz CT molecular complexity index is 475. The fraction of sp³-hybridized carbons (Fsp3) is 0.250. The summed E-state index contributed by atoms with van der Waals surface area (Å²) < 4.78 is 1.64. The van der Waals surface area contributed by atoms with Crippen molar-refractivity contribution < 1.29 is 0 Å². The smallest absolute Gasteiger partial charge is 0.191 e. The SMILES string of the molecule is Cn1cc(CSc2nc(N)cc(N)n2)nn1. The van der Waals surface area contributed by atoms with Gasteiger partial charge in [0.2, 0.25) is 0 Å². The Labute approximate surface area is 96.3 Å². The van der Waals surface area contributed by atoms with Crippen LogP contribution in [0, 0.1) is 0 Å². The Morgan fingerprint density at radius 1 is 1.31 bits per heavy atom. The van der Waals surface area contributed by atoms with Crippen LogP contribution < -0.4 is 11.5 Å². The fourth-order valence-electron chi connectivity index (χ4n) is 1.13. The standard InChI is InChI=1S/C8H11N7S/c1-15-3-5(13-14-15)4-16-8-11-6(9)2-7(10)12-8/h2-3H,4H2,1H3,(H4,9,10,11,12). The van der Waals surface area contributed by atoms with Crippen molar-refractivity contribution in [2.45, 2.75) is 10.9 Å². The van der Waals surface area contributed by atoms with Gasteiger partial charge in [-0.25, -0.2) is 9.97 Å². The molecule has 0 saturated heterocycles. The first-order valence-electron chi connectivity index (χ1n) is 4.51. The monoisotopic (exact) mass is 237 g/mol. The van der Waals surface area contributed by atoms with Crippen molar-refractivity contribution in [3.8, 4) is 0 Å². The number of thioether (sulfide) groups is 1. The molecule has 0 fully saturated rings. The van der Waals surface area contributed by atoms with Crippen molar-refractivity contribution in [2.24, 2.45) is 7.05 Å². The molecule has 0 aromatic carbocycles. The zero-order chi connectivity index (χ0) is 11.5. The van der Waals surface area contributed by atoms with E-state index in [2.05, 4.69) is 20.3 Å². The lowest BCUT2D eigenvalue weighted by Crippen LogP contribution is -1.99. The summed E-state index contributed by atoms with van der Waals surface area (Å²) in [6.45, 7) is 0. The maximum absolute atomic E-state index is 5.56. The van der Waals surface area contributed by atoms with Gasteiger partial charge in [-0.2, -0.15) is 0 Å². The van der Waals surface area contributed by atoms with E-state index in [9.17, 15) is 0 Å². The van der Waals surface area contributed by atoms with Gasteiger partial charge in [0, 0.05) is 25.1 Å². The van der Waals surface area contributed by atoms with Crippen LogP contribution in [0.2, 0.25) is 0 Å². The molecule has 0 amide bonds. The highest BCUT2D eigenvalue weighted by atomic mass is 32.2. The topological polar surface area (TPSA) is 109 Å². The number of nitrogen functional groups attached to an aromatic ring is 2. The van der Waals surface area contributed by atoms with Gasteiger partial charge in [0.1, 0.15) is 11.6 Å². The molecule has 7 nitrogen and oxygen atoms in total. The number of aryl methyl sites for hydroxylation is 1. The highest BCUT2D eigenvalue weighted by molar-refractivity contribution is 7.98. The molecule has 2 aromatic rings. The van der Waals surface area contributed by atoms with Gasteiger partial charge in [-0.15, -0.1) is 5.10 Å². The fourth-order valence-corrected chi connectivity index (χ4v) is 1.88. The second kappa shape index (κ2) is 4.35. The molecule has 0 aliphatic rings. The molecule has 0 bridgehead atoms. The summed E-state index contributed by atoms with van der Waals surface area (Å²) >= 11 is 1.42. The summed E-state index contributed by atoms with van der Waals surface area (Å²) in [5.74, 6) is 1.37. The maximum atomic E-state index is 5.56. The van der Waals surface area contributed by atoms with Gasteiger partial charge in [0.05, 0.1) is 5.69 Å². The van der Waals surface area contributed by atoms with Crippen molar-refractivity contribution in [3.05, 3.63) is 18.0 Å². The molecule has 0 radical (unpaired) electrons. The van der Waals surface area contributed by atoms with Gasteiger partial charge in [0.25, 0.3) is 0 Å². The number of anilines is 2. The van der Waals surface area contributed by atoms with E-state index >= 15 is 0 Å². The molecule has 8 heteroatoms. The third kappa shape index (κ3) is 2.60. The van der Waals surface area contributed by atoms with Crippen molar-refractivity contribution in [1.82, 2.24) is 25.0 Å². The third-order valence-corrected chi connectivity index (χ3v) is 2.63. The second-order valence-electron chi connectivity index (χ2n) is 3.17. The molecular formula is C8H11N7S. The predicted octanol–water partition coefficient (Wildman–Crippen LogP) is 0.0618. The summed E-state index contributed by atoms with van der Waals surface area (Å²) in [6, 6.07) is 1.52. The molecule has 2 heterocycles. The van der Waals surface area contributed by atoms with Crippen molar-refractivity contribution in [2.75, 3.05) is 11.5 Å². The van der Waals surface area contributed by atoms with E-state index in [1.807, 2.05) is 13.2 Å². The minimum Gasteiger partial charge on any atom is -0.383 e. The Kier molecular flexibility index (Phi) is 2.91. The lowest BCUT2D eigenvalue weighted by molar-refractivity contribution is 0.714. The van der Waals surface area contributed by atoms with Crippen LogP contribution in [0.25, 0.3) is 0 Å². The van der Waals surface area contributed by atoms with E-state index in [1.165, 1.54) is 17.8 Å². The maximum Gasteiger partial charge on any atom is 0.191 e. The molecule has 16 heavy (non-hydrogen) atoms. The average Bonchev–Trinajstić information content (AvgIpc) is 2.60. The van der Waals surface area contributed by atoms with Crippen LogP contribution in [-0.4, -0.2) is 25.0 Å². The predicted molar refractivity (Wildman–Crippen MR) is 61.4 cm³/mol. The zero-order valence-electron chi connectivity index (χ0n) is 8.66. The van der Waals surface area contributed by atoms with Gasteiger partial charge in [0.15, 0.2) is 5.16 Å². The lowest BCUT2D eigenvalue weighted by atomic mass is 10.5. The zero-order valence-corrected chi connectivity index (χ0v) is 9.48. The molecule has 84 valence electrons. The van der Waals surface area contributed by atoms with Gasteiger partial charge >= 0.3 is 0 Å². The first-order valence-corrected chi connectivity index (χ1v) is 5.50. The summed E-state index contributed by atoms with van der Waals surface area (Å²) in [7, 11) is 1.82. The van der Waals surface area contributed by atoms with Crippen LogP contribution in [-0.2, 0) is 12.8 Å². The van der Waals surface area contributed by atoms with Crippen LogP contribution in [0.4, 0.5) is 11.6 Å². The minimum atomic E-state index is 0.370. The second-order valence-corrected chi connectivity index (χ2v) is 4.11. The molecule has 0 aliphatic heterocycles. The summed E-state index contributed by atoms with van der Waals surface area (Å²) in [5, 5.41) is 8.32. The van der Waals surface area contributed by atoms with Crippen molar-refractivity contribution in [1.29, 1.82) is 0 Å². The molecule has 2 aromatic heterocycles. The van der Waals surface area contributed by atoms with Gasteiger partial charge in [-0.05, 0) is 0 Å². The number of hydrogen-bond acceptors (Lipinski definition) is 7. The molecule has 0 saturated carbocycles. The molecule has 0 aliphatic carbocycles. The molecular weight excluding hydrogens is 226 g/mol. The van der Waals surface area contributed by atoms with E-state index in [1.54, 1.807) is 4.68 Å². The normalized spacial score (nSPS) is 10.6. The number of rotatable bonds is 3. The number of aromatic nitrogens is 5. The number of nitrogens with zero attached hydrogens (tertiary/aromatic N) is 5. The quantitative estimate of drug-likeness (QED) is 0.574. The van der Waals surface area contributed by atoms with Crippen LogP contribution in [0.5, 0.6) is 0 Å². The van der Waals surface area contributed by atoms with E-state index in [4.69, 9.17) is 11.5 Å². The molecule has 0 spiro atoms. The lowest BCUT2D eigenvalue weighted by Gasteiger charge is -2.00. The Balaban J connectivity index is 2.04. The molecule has 0 unspecified atom stereocenters. The van der Waals surface area contributed by atoms with E-state index in [-0.39, 0.29) is 0 Å². The van der Waals surface area contributed by atoms with Gasteiger partial charge < -0.3 is 11.5 Å². The Morgan fingerprint density at radius 3 is 2.56 bits per heavy atom. The highest BCUT2D eigenvalue weighted by Gasteiger charge is 2.04. The Morgan fingerprint density at radius 2 is 2.00 bits per heavy atom. The van der Waals surface area contributed by atoms with Crippen LogP contribution in [0.1, 0.15) is 5.69 Å². The molecule has 0 atom stereocenters. The van der Waals surface area contributed by atoms with Gasteiger partial charge in [-0.3, -0.25) is 4.68 Å². The van der Waals surface area contributed by atoms with E-state index in [0.29, 0.717) is 22.5 Å². The third-order valence-electron chi connectivity index (χ3n) is 1.74. The van der Waals surface area contributed by atoms with E-state index in [0.717, 1.165) is 5.69 Å². The summed E-state index contributed by atoms with van der Waals surface area (Å²) in [5.41, 5.74) is 12.0. The summed E-state index contributed by atoms with van der Waals surface area (Å²) in [4.78, 5) is 8.10. The van der Waals surface area contributed by atoms with Crippen molar-refractivity contribution in [3.63, 3.8) is 0 Å². The van der Waals surface area contributed by atoms with Crippen LogP contribution in [0.15, 0.2) is 17.4 Å². The van der Waals surface area contributed by atoms with Crippen LogP contribution >= 0.6 is 11.8 Å². The molecule has 4 N–H and O–H groups in total. The Hall–Kier alpha value is -1.83. The number of nitrogens with two attached hydrogens (primary N) is 2. The first-order chi connectivity index (χ1) is 7.63. The van der Waals surface area contributed by atoms with Gasteiger partial charge in [-0.1, -0.05) is 17.0 Å². The highest BCUT2D eigenvalue weighted by Crippen LogP contribution is 2.19. The summed E-state index contributed by atoms with van der Waals surface area (Å²) in [6.07, 6.45) is 1.84. The number of hydrogen-bond donors (Lipinski definition) is 2. The van der Waals surface area contributed by atoms with E-state index < -0.39 is 0 Å². The average molecular weight is 237 g/mol. The first kappa shape index (κ1) is 10.7. The largest absolute Gasteiger partial charge is 0.383 e. The van der Waals surface area contributed by atoms with Crippen molar-refractivity contribution >= 4 is 23.4 Å².